The van der Waals surface area contributed by atoms with E-state index in [2.05, 4.69) is 5.16 Å². The van der Waals surface area contributed by atoms with Crippen molar-refractivity contribution in [2.24, 2.45) is 10.6 Å². The van der Waals surface area contributed by atoms with Crippen molar-refractivity contribution in [1.29, 1.82) is 0 Å². The SMILES string of the molecule is CC[C@H](/C(=N\O)C(C)(C)C)S(=O)(=O)CC. The molecule has 0 aliphatic heterocycles. The van der Waals surface area contributed by atoms with Crippen molar-refractivity contribution >= 4 is 15.5 Å². The molecule has 0 radical (unpaired) electrons. The summed E-state index contributed by atoms with van der Waals surface area (Å²) in [6.45, 7) is 8.92. The molecule has 0 aromatic rings. The summed E-state index contributed by atoms with van der Waals surface area (Å²) >= 11 is 0. The molecule has 0 spiro atoms. The fraction of sp³-hybridized carbons (Fsp3) is 0.900. The van der Waals surface area contributed by atoms with Gasteiger partial charge in [0, 0.05) is 11.2 Å². The predicted octanol–water partition coefficient (Wildman–Crippen LogP) is 2.08. The van der Waals surface area contributed by atoms with Gasteiger partial charge in [0.1, 0.15) is 5.25 Å². The molecule has 0 amide bonds. The van der Waals surface area contributed by atoms with E-state index in [1.165, 1.54) is 0 Å². The van der Waals surface area contributed by atoms with Gasteiger partial charge in [-0.15, -0.1) is 0 Å². The van der Waals surface area contributed by atoms with Crippen LogP contribution in [-0.4, -0.2) is 30.3 Å². The lowest BCUT2D eigenvalue weighted by atomic mass is 9.87. The van der Waals surface area contributed by atoms with Gasteiger partial charge in [-0.25, -0.2) is 8.42 Å². The van der Waals surface area contributed by atoms with Crippen LogP contribution in [0.4, 0.5) is 0 Å². The Balaban J connectivity index is 5.33. The molecule has 1 N–H and O–H groups in total. The minimum Gasteiger partial charge on any atom is -0.411 e. The number of hydrogen-bond donors (Lipinski definition) is 1. The maximum atomic E-state index is 11.8. The standard InChI is InChI=1S/C10H21NO3S/c1-6-8(15(13,14)7-2)9(11-12)10(3,4)5/h8,12H,6-7H2,1-5H3/b11-9+/t8-/m1/s1. The van der Waals surface area contributed by atoms with Crippen molar-refractivity contribution in [3.05, 3.63) is 0 Å². The molecule has 0 saturated carbocycles. The summed E-state index contributed by atoms with van der Waals surface area (Å²) in [5.74, 6) is 0.0700. The van der Waals surface area contributed by atoms with Crippen LogP contribution in [0.1, 0.15) is 41.0 Å². The zero-order valence-electron chi connectivity index (χ0n) is 10.1. The number of sulfone groups is 1. The quantitative estimate of drug-likeness (QED) is 0.461. The second-order valence-electron chi connectivity index (χ2n) is 4.58. The predicted molar refractivity (Wildman–Crippen MR) is 62.2 cm³/mol. The normalized spacial score (nSPS) is 16.5. The maximum absolute atomic E-state index is 11.8. The van der Waals surface area contributed by atoms with Crippen LogP contribution < -0.4 is 0 Å². The van der Waals surface area contributed by atoms with Crippen molar-refractivity contribution < 1.29 is 13.6 Å². The number of nitrogens with zero attached hydrogens (tertiary/aromatic N) is 1. The van der Waals surface area contributed by atoms with Gasteiger partial charge in [-0.2, -0.15) is 0 Å². The Morgan fingerprint density at radius 3 is 2.00 bits per heavy atom. The minimum absolute atomic E-state index is 0.0700. The van der Waals surface area contributed by atoms with Crippen LogP contribution in [0.5, 0.6) is 0 Å². The third-order valence-corrected chi connectivity index (χ3v) is 4.62. The van der Waals surface area contributed by atoms with Crippen LogP contribution in [0.25, 0.3) is 0 Å². The molecule has 15 heavy (non-hydrogen) atoms. The monoisotopic (exact) mass is 235 g/mol. The second kappa shape index (κ2) is 4.96. The van der Waals surface area contributed by atoms with E-state index in [-0.39, 0.29) is 5.75 Å². The summed E-state index contributed by atoms with van der Waals surface area (Å²) in [4.78, 5) is 0. The average molecular weight is 235 g/mol. The Kier molecular flexibility index (Phi) is 4.77. The lowest BCUT2D eigenvalue weighted by molar-refractivity contribution is 0.308. The lowest BCUT2D eigenvalue weighted by Crippen LogP contribution is -2.38. The first-order valence-electron chi connectivity index (χ1n) is 5.14. The molecule has 0 aliphatic rings. The van der Waals surface area contributed by atoms with Crippen molar-refractivity contribution in [1.82, 2.24) is 0 Å². The second-order valence-corrected chi connectivity index (χ2v) is 7.06. The number of hydrogen-bond acceptors (Lipinski definition) is 4. The van der Waals surface area contributed by atoms with E-state index >= 15 is 0 Å². The Hall–Kier alpha value is -0.580. The largest absolute Gasteiger partial charge is 0.411 e. The van der Waals surface area contributed by atoms with E-state index in [1.807, 2.05) is 20.8 Å². The Morgan fingerprint density at radius 1 is 1.33 bits per heavy atom. The van der Waals surface area contributed by atoms with Gasteiger partial charge in [-0.3, -0.25) is 0 Å². The Labute approximate surface area is 92.3 Å². The van der Waals surface area contributed by atoms with Gasteiger partial charge in [-0.1, -0.05) is 39.8 Å². The summed E-state index contributed by atoms with van der Waals surface area (Å²) in [5.41, 5.74) is -0.0932. The summed E-state index contributed by atoms with van der Waals surface area (Å²) in [7, 11) is -3.20. The molecule has 0 saturated heterocycles. The fourth-order valence-corrected chi connectivity index (χ4v) is 3.17. The van der Waals surface area contributed by atoms with Gasteiger partial charge in [0.05, 0.1) is 5.71 Å². The third-order valence-electron chi connectivity index (χ3n) is 2.39. The number of oxime groups is 1. The maximum Gasteiger partial charge on any atom is 0.158 e. The van der Waals surface area contributed by atoms with Gasteiger partial charge >= 0.3 is 0 Å². The molecular formula is C10H21NO3S. The van der Waals surface area contributed by atoms with E-state index in [0.29, 0.717) is 12.1 Å². The Morgan fingerprint density at radius 2 is 1.80 bits per heavy atom. The molecule has 0 aromatic heterocycles. The molecule has 4 nitrogen and oxygen atoms in total. The van der Waals surface area contributed by atoms with Gasteiger partial charge in [-0.05, 0) is 6.42 Å². The van der Waals surface area contributed by atoms with Crippen molar-refractivity contribution in [2.75, 3.05) is 5.75 Å². The fourth-order valence-electron chi connectivity index (χ4n) is 1.52. The van der Waals surface area contributed by atoms with Crippen LogP contribution in [0, 0.1) is 5.41 Å². The van der Waals surface area contributed by atoms with Gasteiger partial charge in [0.25, 0.3) is 0 Å². The van der Waals surface area contributed by atoms with Crippen LogP contribution in [0.2, 0.25) is 0 Å². The smallest absolute Gasteiger partial charge is 0.158 e. The van der Waals surface area contributed by atoms with Gasteiger partial charge < -0.3 is 5.21 Å². The summed E-state index contributed by atoms with van der Waals surface area (Å²) in [5, 5.41) is 11.5. The lowest BCUT2D eigenvalue weighted by Gasteiger charge is -2.26. The van der Waals surface area contributed by atoms with E-state index < -0.39 is 20.5 Å². The summed E-state index contributed by atoms with van der Waals surface area (Å²) in [6, 6.07) is 0. The molecule has 0 aromatic carbocycles. The minimum atomic E-state index is -3.20. The van der Waals surface area contributed by atoms with Crippen LogP contribution in [0.15, 0.2) is 5.16 Å². The first kappa shape index (κ1) is 14.4. The highest BCUT2D eigenvalue weighted by molar-refractivity contribution is 7.92. The molecule has 5 heteroatoms. The average Bonchev–Trinajstić information content (AvgIpc) is 2.11. The molecule has 0 rings (SSSR count). The highest BCUT2D eigenvalue weighted by Crippen LogP contribution is 2.24. The molecule has 0 unspecified atom stereocenters. The topological polar surface area (TPSA) is 66.7 Å². The first-order valence-corrected chi connectivity index (χ1v) is 6.86. The molecule has 0 aliphatic carbocycles. The molecule has 90 valence electrons. The highest BCUT2D eigenvalue weighted by atomic mass is 32.2. The zero-order chi connectivity index (χ0) is 12.3. The van der Waals surface area contributed by atoms with Crippen LogP contribution in [-0.2, 0) is 9.84 Å². The van der Waals surface area contributed by atoms with Gasteiger partial charge in [0.2, 0.25) is 0 Å². The van der Waals surface area contributed by atoms with E-state index in [9.17, 15) is 8.42 Å². The molecule has 1 atom stereocenters. The third kappa shape index (κ3) is 3.48. The number of rotatable bonds is 4. The van der Waals surface area contributed by atoms with Crippen molar-refractivity contribution in [2.45, 2.75) is 46.3 Å². The van der Waals surface area contributed by atoms with Crippen molar-refractivity contribution in [3.8, 4) is 0 Å². The van der Waals surface area contributed by atoms with Gasteiger partial charge in [0.15, 0.2) is 9.84 Å². The Bertz CT molecular complexity index is 325. The zero-order valence-corrected chi connectivity index (χ0v) is 10.9. The van der Waals surface area contributed by atoms with Crippen LogP contribution in [0.3, 0.4) is 0 Å². The summed E-state index contributed by atoms with van der Waals surface area (Å²) in [6.07, 6.45) is 0.437. The molecule has 0 heterocycles. The van der Waals surface area contributed by atoms with Crippen molar-refractivity contribution in [3.63, 3.8) is 0 Å². The summed E-state index contributed by atoms with van der Waals surface area (Å²) < 4.78 is 23.6. The van der Waals surface area contributed by atoms with E-state index in [1.54, 1.807) is 13.8 Å². The van der Waals surface area contributed by atoms with E-state index in [4.69, 9.17) is 5.21 Å². The van der Waals surface area contributed by atoms with Crippen LogP contribution >= 0.6 is 0 Å². The molecule has 0 bridgehead atoms. The molecular weight excluding hydrogens is 214 g/mol. The van der Waals surface area contributed by atoms with E-state index in [0.717, 1.165) is 0 Å². The molecule has 0 fully saturated rings. The highest BCUT2D eigenvalue weighted by Gasteiger charge is 2.34. The first-order chi connectivity index (χ1) is 6.70.